The van der Waals surface area contributed by atoms with E-state index < -0.39 is 18.2 Å². The first kappa shape index (κ1) is 28.8. The molecule has 23 heavy (non-hydrogen) atoms. The average molecular weight is 388 g/mol. The summed E-state index contributed by atoms with van der Waals surface area (Å²) < 4.78 is 41.9. The van der Waals surface area contributed by atoms with Crippen molar-refractivity contribution < 1.29 is 36.4 Å². The molecule has 0 aliphatic rings. The molecule has 0 atom stereocenters. The van der Waals surface area contributed by atoms with E-state index in [1.165, 1.54) is 44.9 Å². The number of hydrogen-bond donors (Lipinski definition) is 4. The van der Waals surface area contributed by atoms with Crippen molar-refractivity contribution in [1.82, 2.24) is 0 Å². The van der Waals surface area contributed by atoms with E-state index in [0.29, 0.717) is 6.42 Å². The van der Waals surface area contributed by atoms with Crippen LogP contribution in [0.2, 0.25) is 0 Å². The van der Waals surface area contributed by atoms with E-state index >= 15 is 0 Å². The van der Waals surface area contributed by atoms with Crippen LogP contribution in [-0.2, 0) is 19.1 Å². The van der Waals surface area contributed by atoms with Crippen molar-refractivity contribution in [3.05, 3.63) is 0 Å². The fourth-order valence-electron chi connectivity index (χ4n) is 1.75. The van der Waals surface area contributed by atoms with Gasteiger partial charge in [-0.15, -0.1) is 0 Å². The summed E-state index contributed by atoms with van der Waals surface area (Å²) >= 11 is 0. The van der Waals surface area contributed by atoms with Gasteiger partial charge in [-0.05, 0) is 6.42 Å². The van der Waals surface area contributed by atoms with Crippen LogP contribution in [-0.4, -0.2) is 63.8 Å². The Bertz CT molecular complexity index is 376. The maximum absolute atomic E-state index is 10.2. The first-order chi connectivity index (χ1) is 10.1. The van der Waals surface area contributed by atoms with Crippen molar-refractivity contribution in [3.8, 4) is 0 Å². The summed E-state index contributed by atoms with van der Waals surface area (Å²) in [6.45, 7) is 2.31. The predicted molar refractivity (Wildman–Crippen MR) is 90.8 cm³/mol. The van der Waals surface area contributed by atoms with Gasteiger partial charge in [0.2, 0.25) is 0 Å². The third-order valence-corrected chi connectivity index (χ3v) is 3.19. The molecule has 0 aromatic rings. The van der Waals surface area contributed by atoms with E-state index in [-0.39, 0.29) is 36.2 Å². The zero-order valence-electron chi connectivity index (χ0n) is 13.1. The average Bonchev–Trinajstić information content (AvgIpc) is 2.32. The third-order valence-electron chi connectivity index (χ3n) is 2.73. The molecule has 0 unspecified atom stereocenters. The molecule has 0 saturated heterocycles. The molecule has 0 fully saturated rings. The van der Waals surface area contributed by atoms with E-state index in [0.717, 1.165) is 12.8 Å². The minimum atomic E-state index is -4.64. The van der Waals surface area contributed by atoms with Crippen LogP contribution in [0.3, 0.4) is 0 Å². The van der Waals surface area contributed by atoms with Crippen LogP contribution in [0.15, 0.2) is 0 Å². The van der Waals surface area contributed by atoms with Gasteiger partial charge in [-0.25, -0.2) is 8.75 Å². The van der Waals surface area contributed by atoms with E-state index in [1.54, 1.807) is 0 Å². The van der Waals surface area contributed by atoms with E-state index in [9.17, 15) is 8.42 Å². The molecular formula is C12H30NaO8PS. The molecular weight excluding hydrogens is 358 g/mol. The van der Waals surface area contributed by atoms with Crippen LogP contribution in [0.4, 0.5) is 0 Å². The standard InChI is InChI=1S/C12H26O4S.Na.H3O4P.H/c1-2-3-4-5-6-7-8-9-10-11-12-16-17(13,14)15;;1-5(2,3)4;/h2-12H2,1H3,(H,13,14,15);;(H3,1,2,3,4);. The predicted octanol–water partition coefficient (Wildman–Crippen LogP) is 2.15. The Hall–Kier alpha value is 0.980. The van der Waals surface area contributed by atoms with Gasteiger partial charge in [0.05, 0.1) is 6.61 Å². The van der Waals surface area contributed by atoms with Crippen molar-refractivity contribution in [2.75, 3.05) is 6.61 Å². The molecule has 0 aliphatic carbocycles. The first-order valence-corrected chi connectivity index (χ1v) is 10.4. The fourth-order valence-corrected chi connectivity index (χ4v) is 2.08. The van der Waals surface area contributed by atoms with Crippen molar-refractivity contribution in [3.63, 3.8) is 0 Å². The van der Waals surface area contributed by atoms with Crippen LogP contribution < -0.4 is 0 Å². The number of phosphoric acid groups is 1. The van der Waals surface area contributed by atoms with E-state index in [1.807, 2.05) is 0 Å². The summed E-state index contributed by atoms with van der Waals surface area (Å²) in [7, 11) is -8.87. The topological polar surface area (TPSA) is 141 Å². The number of hydrogen-bond acceptors (Lipinski definition) is 4. The SMILES string of the molecule is CCCCCCCCCCCCOS(=O)(=O)O.O=P(O)(O)O.[NaH]. The zero-order chi connectivity index (χ0) is 17.5. The maximum atomic E-state index is 10.2. The molecule has 4 N–H and O–H groups in total. The minimum absolute atomic E-state index is 0. The Labute approximate surface area is 161 Å². The van der Waals surface area contributed by atoms with Crippen molar-refractivity contribution in [2.24, 2.45) is 0 Å². The zero-order valence-corrected chi connectivity index (χ0v) is 14.8. The second kappa shape index (κ2) is 17.8. The van der Waals surface area contributed by atoms with Crippen molar-refractivity contribution in [1.29, 1.82) is 0 Å². The van der Waals surface area contributed by atoms with Crippen LogP contribution in [0, 0.1) is 0 Å². The van der Waals surface area contributed by atoms with Crippen LogP contribution in [0.1, 0.15) is 71.1 Å². The van der Waals surface area contributed by atoms with Crippen LogP contribution in [0.25, 0.3) is 0 Å². The van der Waals surface area contributed by atoms with Gasteiger partial charge < -0.3 is 14.7 Å². The van der Waals surface area contributed by atoms with Gasteiger partial charge >= 0.3 is 47.8 Å². The third kappa shape index (κ3) is 45.1. The number of rotatable bonds is 12. The van der Waals surface area contributed by atoms with Gasteiger partial charge in [0.15, 0.2) is 0 Å². The Morgan fingerprint density at radius 1 is 0.826 bits per heavy atom. The van der Waals surface area contributed by atoms with Crippen LogP contribution >= 0.6 is 7.82 Å². The fraction of sp³-hybridized carbons (Fsp3) is 1.00. The molecule has 0 aromatic carbocycles. The molecule has 11 heteroatoms. The molecule has 8 nitrogen and oxygen atoms in total. The normalized spacial score (nSPS) is 11.3. The summed E-state index contributed by atoms with van der Waals surface area (Å²) in [5.41, 5.74) is 0. The molecule has 0 aromatic heterocycles. The van der Waals surface area contributed by atoms with Crippen molar-refractivity contribution in [2.45, 2.75) is 71.1 Å². The number of unbranched alkanes of at least 4 members (excludes halogenated alkanes) is 9. The summed E-state index contributed by atoms with van der Waals surface area (Å²) in [5.74, 6) is 0. The molecule has 0 bridgehead atoms. The second-order valence-corrected chi connectivity index (χ2v) is 7.06. The van der Waals surface area contributed by atoms with Gasteiger partial charge in [0, 0.05) is 0 Å². The monoisotopic (exact) mass is 388 g/mol. The Kier molecular flexibility index (Phi) is 22.3. The summed E-state index contributed by atoms with van der Waals surface area (Å²) in [5, 5.41) is 0. The Morgan fingerprint density at radius 2 is 1.13 bits per heavy atom. The Morgan fingerprint density at radius 3 is 1.43 bits per heavy atom. The van der Waals surface area contributed by atoms with Gasteiger partial charge in [0.1, 0.15) is 0 Å². The van der Waals surface area contributed by atoms with Crippen molar-refractivity contribution >= 4 is 47.8 Å². The van der Waals surface area contributed by atoms with Crippen LogP contribution in [0.5, 0.6) is 0 Å². The molecule has 138 valence electrons. The molecule has 0 amide bonds. The quantitative estimate of drug-likeness (QED) is 0.172. The molecule has 0 aliphatic heterocycles. The van der Waals surface area contributed by atoms with Gasteiger partial charge in [0.25, 0.3) is 0 Å². The van der Waals surface area contributed by atoms with Gasteiger partial charge in [-0.1, -0.05) is 64.7 Å². The molecule has 0 rings (SSSR count). The second-order valence-electron chi connectivity index (χ2n) is 4.94. The molecule has 0 spiro atoms. The summed E-state index contributed by atoms with van der Waals surface area (Å²) in [6.07, 6.45) is 11.9. The summed E-state index contributed by atoms with van der Waals surface area (Å²) in [6, 6.07) is 0. The van der Waals surface area contributed by atoms with Gasteiger partial charge in [-0.2, -0.15) is 8.42 Å². The Balaban J connectivity index is -0.000000578. The molecule has 0 heterocycles. The van der Waals surface area contributed by atoms with E-state index in [2.05, 4.69) is 11.1 Å². The van der Waals surface area contributed by atoms with Gasteiger partial charge in [-0.3, -0.25) is 4.55 Å². The molecule has 0 radical (unpaired) electrons. The molecule has 0 saturated carbocycles. The summed E-state index contributed by atoms with van der Waals surface area (Å²) in [4.78, 5) is 21.6. The first-order valence-electron chi connectivity index (χ1n) is 7.46. The van der Waals surface area contributed by atoms with E-state index in [4.69, 9.17) is 23.8 Å².